The van der Waals surface area contributed by atoms with Crippen LogP contribution in [0.15, 0.2) is 24.3 Å². The number of nitrogens with zero attached hydrogens (tertiary/aromatic N) is 3. The summed E-state index contributed by atoms with van der Waals surface area (Å²) in [5.41, 5.74) is 2.57. The van der Waals surface area contributed by atoms with E-state index in [1.807, 2.05) is 17.0 Å². The van der Waals surface area contributed by atoms with Crippen molar-refractivity contribution >= 4 is 5.91 Å². The monoisotopic (exact) mass is 268 g/mol. The molecule has 1 aromatic carbocycles. The molecule has 4 rings (SSSR count). The number of fused-ring (bicyclic) bond motifs is 1. The maximum atomic E-state index is 12.4. The Balaban J connectivity index is 1.54. The van der Waals surface area contributed by atoms with E-state index in [2.05, 4.69) is 27.3 Å². The Hall–Kier alpha value is -2.17. The van der Waals surface area contributed by atoms with E-state index in [0.29, 0.717) is 18.3 Å². The molecule has 102 valence electrons. The first-order chi connectivity index (χ1) is 9.81. The van der Waals surface area contributed by atoms with Crippen molar-refractivity contribution < 1.29 is 4.79 Å². The first kappa shape index (κ1) is 11.6. The molecule has 0 spiro atoms. The summed E-state index contributed by atoms with van der Waals surface area (Å²) in [6.07, 6.45) is 3.21. The van der Waals surface area contributed by atoms with E-state index in [-0.39, 0.29) is 5.91 Å². The van der Waals surface area contributed by atoms with E-state index in [0.717, 1.165) is 31.6 Å². The number of nitrogens with one attached hydrogen (secondary N) is 1. The average Bonchev–Trinajstić information content (AvgIpc) is 3.23. The summed E-state index contributed by atoms with van der Waals surface area (Å²) in [6.45, 7) is 1.39. The van der Waals surface area contributed by atoms with Crippen molar-refractivity contribution in [2.45, 2.75) is 31.7 Å². The first-order valence-corrected chi connectivity index (χ1v) is 7.09. The van der Waals surface area contributed by atoms with Gasteiger partial charge in [-0.05, 0) is 30.4 Å². The van der Waals surface area contributed by atoms with E-state index in [1.165, 1.54) is 11.1 Å². The highest BCUT2D eigenvalue weighted by Gasteiger charge is 2.30. The highest BCUT2D eigenvalue weighted by molar-refractivity contribution is 5.90. The van der Waals surface area contributed by atoms with Gasteiger partial charge in [-0.2, -0.15) is 0 Å². The highest BCUT2D eigenvalue weighted by atomic mass is 16.2. The fourth-order valence-corrected chi connectivity index (χ4v) is 2.72. The Bertz CT molecular complexity index is 659. The minimum absolute atomic E-state index is 0.0670. The van der Waals surface area contributed by atoms with Gasteiger partial charge in [-0.1, -0.05) is 24.3 Å². The van der Waals surface area contributed by atoms with Crippen LogP contribution in [-0.4, -0.2) is 32.5 Å². The summed E-state index contributed by atoms with van der Waals surface area (Å²) in [4.78, 5) is 18.6. The average molecular weight is 268 g/mol. The van der Waals surface area contributed by atoms with Crippen LogP contribution in [0.25, 0.3) is 0 Å². The lowest BCUT2D eigenvalue weighted by molar-refractivity contribution is 0.0722. The van der Waals surface area contributed by atoms with E-state index in [9.17, 15) is 4.79 Å². The summed E-state index contributed by atoms with van der Waals surface area (Å²) in [5.74, 6) is 1.60. The summed E-state index contributed by atoms with van der Waals surface area (Å²) in [7, 11) is 0. The number of carbonyl (C=O) groups excluding carboxylic acids is 1. The molecular formula is C15H16N4O. The largest absolute Gasteiger partial charge is 0.331 e. The van der Waals surface area contributed by atoms with Crippen LogP contribution >= 0.6 is 0 Å². The lowest BCUT2D eigenvalue weighted by Gasteiger charge is -2.27. The second-order valence-electron chi connectivity index (χ2n) is 5.56. The van der Waals surface area contributed by atoms with E-state index in [1.54, 1.807) is 0 Å². The Morgan fingerprint density at radius 3 is 2.85 bits per heavy atom. The number of hydrogen-bond acceptors (Lipinski definition) is 3. The number of aromatic amines is 1. The molecule has 0 unspecified atom stereocenters. The number of carbonyl (C=O) groups is 1. The number of aromatic nitrogens is 3. The molecule has 5 heteroatoms. The molecule has 0 atom stereocenters. The van der Waals surface area contributed by atoms with Crippen molar-refractivity contribution in [2.24, 2.45) is 0 Å². The number of benzene rings is 1. The van der Waals surface area contributed by atoms with Crippen LogP contribution in [0.5, 0.6) is 0 Å². The molecule has 1 saturated carbocycles. The van der Waals surface area contributed by atoms with Gasteiger partial charge in [0.05, 0.1) is 0 Å². The Morgan fingerprint density at radius 1 is 1.25 bits per heavy atom. The third-order valence-corrected chi connectivity index (χ3v) is 4.08. The van der Waals surface area contributed by atoms with Crippen molar-refractivity contribution in [3.05, 3.63) is 47.0 Å². The predicted molar refractivity (Wildman–Crippen MR) is 73.2 cm³/mol. The normalized spacial score (nSPS) is 17.9. The zero-order valence-electron chi connectivity index (χ0n) is 11.2. The number of H-pyrrole nitrogens is 1. The van der Waals surface area contributed by atoms with Crippen LogP contribution < -0.4 is 0 Å². The van der Waals surface area contributed by atoms with Crippen molar-refractivity contribution in [3.63, 3.8) is 0 Å². The predicted octanol–water partition coefficient (Wildman–Crippen LogP) is 1.88. The molecule has 20 heavy (non-hydrogen) atoms. The summed E-state index contributed by atoms with van der Waals surface area (Å²) < 4.78 is 0. The molecule has 1 fully saturated rings. The zero-order valence-corrected chi connectivity index (χ0v) is 11.2. The standard InChI is InChI=1S/C15H16N4O/c20-15(14-16-13(17-18-14)11-5-6-11)19-8-7-10-3-1-2-4-12(10)9-19/h1-4,11H,5-9H2,(H,16,17,18). The quantitative estimate of drug-likeness (QED) is 0.904. The van der Waals surface area contributed by atoms with Crippen molar-refractivity contribution in [2.75, 3.05) is 6.54 Å². The van der Waals surface area contributed by atoms with Gasteiger partial charge in [0.2, 0.25) is 5.82 Å². The van der Waals surface area contributed by atoms with Gasteiger partial charge in [-0.25, -0.2) is 4.98 Å². The lowest BCUT2D eigenvalue weighted by Crippen LogP contribution is -2.36. The zero-order chi connectivity index (χ0) is 13.5. The van der Waals surface area contributed by atoms with Crippen LogP contribution in [-0.2, 0) is 13.0 Å². The highest BCUT2D eigenvalue weighted by Crippen LogP contribution is 2.37. The Morgan fingerprint density at radius 2 is 2.05 bits per heavy atom. The molecule has 1 aromatic heterocycles. The molecular weight excluding hydrogens is 252 g/mol. The van der Waals surface area contributed by atoms with Crippen molar-refractivity contribution in [3.8, 4) is 0 Å². The minimum atomic E-state index is -0.0670. The van der Waals surface area contributed by atoms with Gasteiger partial charge in [0.1, 0.15) is 5.82 Å². The molecule has 1 amide bonds. The molecule has 0 bridgehead atoms. The molecule has 0 radical (unpaired) electrons. The molecule has 5 nitrogen and oxygen atoms in total. The third-order valence-electron chi connectivity index (χ3n) is 4.08. The second kappa shape index (κ2) is 4.44. The van der Waals surface area contributed by atoms with E-state index < -0.39 is 0 Å². The van der Waals surface area contributed by atoms with Crippen molar-refractivity contribution in [1.29, 1.82) is 0 Å². The third kappa shape index (κ3) is 1.99. The first-order valence-electron chi connectivity index (χ1n) is 7.09. The van der Waals surface area contributed by atoms with Crippen LogP contribution in [0, 0.1) is 0 Å². The molecule has 2 aliphatic rings. The maximum Gasteiger partial charge on any atom is 0.293 e. The van der Waals surface area contributed by atoms with Gasteiger partial charge in [0.15, 0.2) is 0 Å². The summed E-state index contributed by atoms with van der Waals surface area (Å²) in [5, 5.41) is 6.98. The van der Waals surface area contributed by atoms with Crippen LogP contribution in [0.4, 0.5) is 0 Å². The second-order valence-corrected chi connectivity index (χ2v) is 5.56. The molecule has 0 saturated heterocycles. The summed E-state index contributed by atoms with van der Waals surface area (Å²) in [6, 6.07) is 8.29. The van der Waals surface area contributed by atoms with Crippen LogP contribution in [0.3, 0.4) is 0 Å². The minimum Gasteiger partial charge on any atom is -0.331 e. The number of rotatable bonds is 2. The summed E-state index contributed by atoms with van der Waals surface area (Å²) >= 11 is 0. The molecule has 1 aliphatic carbocycles. The fraction of sp³-hybridized carbons (Fsp3) is 0.400. The molecule has 1 N–H and O–H groups in total. The number of amides is 1. The van der Waals surface area contributed by atoms with Gasteiger partial charge < -0.3 is 4.90 Å². The van der Waals surface area contributed by atoms with Gasteiger partial charge in [0.25, 0.3) is 5.91 Å². The molecule has 2 aromatic rings. The Kier molecular flexibility index (Phi) is 2.58. The van der Waals surface area contributed by atoms with E-state index >= 15 is 0 Å². The Labute approximate surface area is 117 Å². The van der Waals surface area contributed by atoms with Crippen LogP contribution in [0.1, 0.15) is 46.3 Å². The van der Waals surface area contributed by atoms with Crippen LogP contribution in [0.2, 0.25) is 0 Å². The van der Waals surface area contributed by atoms with Gasteiger partial charge in [-0.15, -0.1) is 5.10 Å². The molecule has 1 aliphatic heterocycles. The lowest BCUT2D eigenvalue weighted by atomic mass is 10.00. The number of hydrogen-bond donors (Lipinski definition) is 1. The van der Waals surface area contributed by atoms with Gasteiger partial charge >= 0.3 is 0 Å². The molecule has 2 heterocycles. The van der Waals surface area contributed by atoms with Gasteiger partial charge in [0, 0.05) is 19.0 Å². The van der Waals surface area contributed by atoms with Crippen molar-refractivity contribution in [1.82, 2.24) is 20.1 Å². The topological polar surface area (TPSA) is 61.9 Å². The van der Waals surface area contributed by atoms with Gasteiger partial charge in [-0.3, -0.25) is 9.89 Å². The van der Waals surface area contributed by atoms with E-state index in [4.69, 9.17) is 0 Å². The smallest absolute Gasteiger partial charge is 0.293 e. The fourth-order valence-electron chi connectivity index (χ4n) is 2.72. The maximum absolute atomic E-state index is 12.4. The SMILES string of the molecule is O=C(c1n[nH]c(C2CC2)n1)N1CCc2ccccc2C1.